The van der Waals surface area contributed by atoms with E-state index in [9.17, 15) is 0 Å². The zero-order chi connectivity index (χ0) is 11.4. The van der Waals surface area contributed by atoms with Crippen LogP contribution in [0.25, 0.3) is 0 Å². The van der Waals surface area contributed by atoms with Crippen LogP contribution in [0.1, 0.15) is 32.6 Å². The fourth-order valence-corrected chi connectivity index (χ4v) is 1.92. The second kappa shape index (κ2) is 5.16. The van der Waals surface area contributed by atoms with Crippen LogP contribution in [-0.4, -0.2) is 11.0 Å². The monoisotopic (exact) mass is 220 g/mol. The molecule has 1 fully saturated rings. The van der Waals surface area contributed by atoms with Gasteiger partial charge in [0.25, 0.3) is 0 Å². The quantitative estimate of drug-likeness (QED) is 0.508. The lowest BCUT2D eigenvalue weighted by atomic mass is 10.1. The van der Waals surface area contributed by atoms with Crippen LogP contribution in [-0.2, 0) is 0 Å². The van der Waals surface area contributed by atoms with Gasteiger partial charge in [0.2, 0.25) is 0 Å². The predicted molar refractivity (Wildman–Crippen MR) is 67.1 cm³/mol. The Labute approximate surface area is 96.6 Å². The van der Waals surface area contributed by atoms with Crippen LogP contribution in [0.3, 0.4) is 0 Å². The molecule has 1 aromatic heterocycles. The molecule has 0 aromatic carbocycles. The van der Waals surface area contributed by atoms with Gasteiger partial charge in [0, 0.05) is 24.0 Å². The highest BCUT2D eigenvalue weighted by atomic mass is 15.2. The molecule has 1 saturated carbocycles. The third-order valence-electron chi connectivity index (χ3n) is 3.09. The van der Waals surface area contributed by atoms with Crippen molar-refractivity contribution in [3.63, 3.8) is 0 Å². The molecule has 1 aromatic rings. The number of rotatable bonds is 6. The van der Waals surface area contributed by atoms with Gasteiger partial charge >= 0.3 is 0 Å². The lowest BCUT2D eigenvalue weighted by Gasteiger charge is -2.18. The number of nitrogens with two attached hydrogens (primary N) is 1. The third-order valence-corrected chi connectivity index (χ3v) is 3.09. The topological polar surface area (TPSA) is 63.0 Å². The molecule has 0 amide bonds. The Morgan fingerprint density at radius 3 is 3.00 bits per heavy atom. The highest BCUT2D eigenvalue weighted by molar-refractivity contribution is 5.51. The fraction of sp³-hybridized carbons (Fsp3) is 0.583. The van der Waals surface area contributed by atoms with E-state index in [1.807, 2.05) is 12.1 Å². The summed E-state index contributed by atoms with van der Waals surface area (Å²) in [5.41, 5.74) is 3.65. The fourth-order valence-electron chi connectivity index (χ4n) is 1.92. The molecule has 0 spiro atoms. The van der Waals surface area contributed by atoms with Crippen molar-refractivity contribution in [3.05, 3.63) is 18.3 Å². The van der Waals surface area contributed by atoms with Crippen molar-refractivity contribution in [1.29, 1.82) is 0 Å². The van der Waals surface area contributed by atoms with Crippen molar-refractivity contribution in [3.8, 4) is 0 Å². The van der Waals surface area contributed by atoms with Gasteiger partial charge in [-0.25, -0.2) is 10.8 Å². The van der Waals surface area contributed by atoms with Gasteiger partial charge in [0.05, 0.1) is 0 Å². The SMILES string of the molecule is CCC(CC1CC1)Nc1ccnc(NN)c1. The molecule has 1 unspecified atom stereocenters. The summed E-state index contributed by atoms with van der Waals surface area (Å²) in [5, 5.41) is 3.54. The summed E-state index contributed by atoms with van der Waals surface area (Å²) in [4.78, 5) is 4.09. The number of hydrogen-bond acceptors (Lipinski definition) is 4. The average molecular weight is 220 g/mol. The number of nitrogen functional groups attached to an aromatic ring is 1. The summed E-state index contributed by atoms with van der Waals surface area (Å²) in [6.07, 6.45) is 7.02. The smallest absolute Gasteiger partial charge is 0.141 e. The largest absolute Gasteiger partial charge is 0.382 e. The molecule has 4 nitrogen and oxygen atoms in total. The van der Waals surface area contributed by atoms with Gasteiger partial charge in [-0.15, -0.1) is 0 Å². The molecule has 0 saturated heterocycles. The van der Waals surface area contributed by atoms with E-state index in [0.717, 1.165) is 18.0 Å². The Morgan fingerprint density at radius 2 is 2.38 bits per heavy atom. The first-order valence-corrected chi connectivity index (χ1v) is 6.01. The van der Waals surface area contributed by atoms with E-state index < -0.39 is 0 Å². The zero-order valence-corrected chi connectivity index (χ0v) is 9.74. The average Bonchev–Trinajstić information content (AvgIpc) is 3.12. The van der Waals surface area contributed by atoms with Crippen LogP contribution in [0.2, 0.25) is 0 Å². The van der Waals surface area contributed by atoms with Gasteiger partial charge < -0.3 is 10.7 Å². The van der Waals surface area contributed by atoms with Crippen molar-refractivity contribution >= 4 is 11.5 Å². The van der Waals surface area contributed by atoms with Gasteiger partial charge in [0.1, 0.15) is 5.82 Å². The molecule has 0 radical (unpaired) electrons. The number of anilines is 2. The van der Waals surface area contributed by atoms with Gasteiger partial charge in [-0.05, 0) is 24.8 Å². The maximum Gasteiger partial charge on any atom is 0.141 e. The Morgan fingerprint density at radius 1 is 1.56 bits per heavy atom. The summed E-state index contributed by atoms with van der Waals surface area (Å²) in [7, 11) is 0. The second-order valence-electron chi connectivity index (χ2n) is 4.50. The summed E-state index contributed by atoms with van der Waals surface area (Å²) in [6, 6.07) is 4.49. The van der Waals surface area contributed by atoms with Gasteiger partial charge in [0.15, 0.2) is 0 Å². The summed E-state index contributed by atoms with van der Waals surface area (Å²) < 4.78 is 0. The first-order valence-electron chi connectivity index (χ1n) is 6.01. The summed E-state index contributed by atoms with van der Waals surface area (Å²) in [6.45, 7) is 2.23. The first kappa shape index (κ1) is 11.2. The highest BCUT2D eigenvalue weighted by Crippen LogP contribution is 2.34. The maximum atomic E-state index is 5.33. The van der Waals surface area contributed by atoms with Crippen LogP contribution in [0.4, 0.5) is 11.5 Å². The number of pyridine rings is 1. The van der Waals surface area contributed by atoms with Crippen LogP contribution in [0.5, 0.6) is 0 Å². The highest BCUT2D eigenvalue weighted by Gasteiger charge is 2.24. The van der Waals surface area contributed by atoms with Crippen LogP contribution in [0.15, 0.2) is 18.3 Å². The predicted octanol–water partition coefficient (Wildman–Crippen LogP) is 2.36. The number of aromatic nitrogens is 1. The minimum atomic E-state index is 0.570. The van der Waals surface area contributed by atoms with E-state index in [1.165, 1.54) is 19.3 Å². The van der Waals surface area contributed by atoms with Crippen molar-refractivity contribution in [2.45, 2.75) is 38.6 Å². The van der Waals surface area contributed by atoms with Crippen LogP contribution >= 0.6 is 0 Å². The van der Waals surface area contributed by atoms with Gasteiger partial charge in [-0.3, -0.25) is 0 Å². The normalized spacial score (nSPS) is 16.9. The van der Waals surface area contributed by atoms with Crippen LogP contribution in [0, 0.1) is 5.92 Å². The Bertz CT molecular complexity index is 336. The molecule has 0 bridgehead atoms. The van der Waals surface area contributed by atoms with Crippen molar-refractivity contribution in [1.82, 2.24) is 4.98 Å². The number of hydrazine groups is 1. The third kappa shape index (κ3) is 3.10. The molecule has 1 aliphatic carbocycles. The number of hydrogen-bond donors (Lipinski definition) is 3. The number of nitrogens with zero attached hydrogens (tertiary/aromatic N) is 1. The summed E-state index contributed by atoms with van der Waals surface area (Å²) >= 11 is 0. The van der Waals surface area contributed by atoms with E-state index in [1.54, 1.807) is 6.20 Å². The first-order chi connectivity index (χ1) is 7.81. The molecule has 4 N–H and O–H groups in total. The zero-order valence-electron chi connectivity index (χ0n) is 9.74. The van der Waals surface area contributed by atoms with E-state index >= 15 is 0 Å². The molecule has 1 atom stereocenters. The molecule has 88 valence electrons. The van der Waals surface area contributed by atoms with E-state index in [2.05, 4.69) is 22.7 Å². The van der Waals surface area contributed by atoms with E-state index in [0.29, 0.717) is 11.9 Å². The molecule has 1 aliphatic rings. The van der Waals surface area contributed by atoms with E-state index in [4.69, 9.17) is 5.84 Å². The molecule has 0 aliphatic heterocycles. The minimum absolute atomic E-state index is 0.570. The summed E-state index contributed by atoms with van der Waals surface area (Å²) in [5.74, 6) is 6.98. The molecule has 1 heterocycles. The molecule has 2 rings (SSSR count). The standard InChI is InChI=1S/C12H20N4/c1-2-10(7-9-3-4-9)15-11-5-6-14-12(8-11)16-13/h5-6,8-10H,2-4,7,13H2,1H3,(H2,14,15,16). The lowest BCUT2D eigenvalue weighted by molar-refractivity contribution is 0.587. The second-order valence-corrected chi connectivity index (χ2v) is 4.50. The number of nitrogens with one attached hydrogen (secondary N) is 2. The Kier molecular flexibility index (Phi) is 3.62. The van der Waals surface area contributed by atoms with Crippen molar-refractivity contribution < 1.29 is 0 Å². The molecular weight excluding hydrogens is 200 g/mol. The maximum absolute atomic E-state index is 5.33. The Balaban J connectivity index is 1.94. The lowest BCUT2D eigenvalue weighted by Crippen LogP contribution is -2.19. The molecular formula is C12H20N4. The van der Waals surface area contributed by atoms with Crippen LogP contribution < -0.4 is 16.6 Å². The Hall–Kier alpha value is -1.29. The minimum Gasteiger partial charge on any atom is -0.382 e. The molecule has 16 heavy (non-hydrogen) atoms. The van der Waals surface area contributed by atoms with Crippen molar-refractivity contribution in [2.75, 3.05) is 10.7 Å². The van der Waals surface area contributed by atoms with Gasteiger partial charge in [-0.1, -0.05) is 19.8 Å². The van der Waals surface area contributed by atoms with Crippen molar-refractivity contribution in [2.24, 2.45) is 11.8 Å². The molecule has 4 heteroatoms. The van der Waals surface area contributed by atoms with Gasteiger partial charge in [-0.2, -0.15) is 0 Å². The van der Waals surface area contributed by atoms with E-state index in [-0.39, 0.29) is 0 Å².